The second kappa shape index (κ2) is 6.92. The Kier molecular flexibility index (Phi) is 5.50. The van der Waals surface area contributed by atoms with Crippen LogP contribution >= 0.6 is 0 Å². The summed E-state index contributed by atoms with van der Waals surface area (Å²) in [5.74, 6) is 0. The molecule has 1 rings (SSSR count). The highest BCUT2D eigenvalue weighted by molar-refractivity contribution is 5.49. The van der Waals surface area contributed by atoms with Crippen molar-refractivity contribution in [2.24, 2.45) is 0 Å². The lowest BCUT2D eigenvalue weighted by molar-refractivity contribution is 0.173. The van der Waals surface area contributed by atoms with Crippen LogP contribution in [0.25, 0.3) is 0 Å². The molecule has 0 saturated heterocycles. The molecular formula is C15H21NO. The summed E-state index contributed by atoms with van der Waals surface area (Å²) in [5, 5.41) is 9.72. The molecule has 0 saturated carbocycles. The van der Waals surface area contributed by atoms with E-state index in [2.05, 4.69) is 18.1 Å². The Labute approximate surface area is 104 Å². The van der Waals surface area contributed by atoms with E-state index >= 15 is 0 Å². The van der Waals surface area contributed by atoms with E-state index < -0.39 is 0 Å². The number of aliphatic hydroxyl groups excluding tert-OH is 1. The predicted molar refractivity (Wildman–Crippen MR) is 74.3 cm³/mol. The van der Waals surface area contributed by atoms with Crippen molar-refractivity contribution in [1.29, 1.82) is 0 Å². The van der Waals surface area contributed by atoms with Gasteiger partial charge in [0, 0.05) is 18.8 Å². The summed E-state index contributed by atoms with van der Waals surface area (Å²) in [6, 6.07) is 8.01. The van der Waals surface area contributed by atoms with Crippen LogP contribution in [0, 0.1) is 0 Å². The van der Waals surface area contributed by atoms with Gasteiger partial charge >= 0.3 is 0 Å². The maximum atomic E-state index is 9.72. The van der Waals surface area contributed by atoms with Gasteiger partial charge in [-0.05, 0) is 24.1 Å². The summed E-state index contributed by atoms with van der Waals surface area (Å²) in [5.41, 5.74) is 2.09. The van der Waals surface area contributed by atoms with E-state index in [0.717, 1.165) is 30.8 Å². The number of aliphatic hydroxyl groups is 1. The van der Waals surface area contributed by atoms with Crippen molar-refractivity contribution in [2.45, 2.75) is 19.4 Å². The lowest BCUT2D eigenvalue weighted by Crippen LogP contribution is -2.22. The summed E-state index contributed by atoms with van der Waals surface area (Å²) in [4.78, 5) is 2.17. The van der Waals surface area contributed by atoms with E-state index in [4.69, 9.17) is 0 Å². The van der Waals surface area contributed by atoms with E-state index in [1.807, 2.05) is 43.3 Å². The average Bonchev–Trinajstić information content (AvgIpc) is 2.38. The van der Waals surface area contributed by atoms with Crippen LogP contribution < -0.4 is 4.90 Å². The van der Waals surface area contributed by atoms with Gasteiger partial charge in [0.05, 0.1) is 6.10 Å². The van der Waals surface area contributed by atoms with Crippen molar-refractivity contribution >= 4 is 5.69 Å². The Morgan fingerprint density at radius 1 is 1.18 bits per heavy atom. The highest BCUT2D eigenvalue weighted by Crippen LogP contribution is 2.21. The normalized spacial score (nSPS) is 11.9. The topological polar surface area (TPSA) is 23.5 Å². The number of benzene rings is 1. The molecule has 0 heterocycles. The van der Waals surface area contributed by atoms with Crippen molar-refractivity contribution in [1.82, 2.24) is 0 Å². The summed E-state index contributed by atoms with van der Waals surface area (Å²) >= 11 is 0. The van der Waals surface area contributed by atoms with Gasteiger partial charge < -0.3 is 10.0 Å². The molecule has 2 heteroatoms. The number of hydrogen-bond donors (Lipinski definition) is 1. The van der Waals surface area contributed by atoms with Crippen LogP contribution in [0.5, 0.6) is 0 Å². The van der Waals surface area contributed by atoms with Crippen LogP contribution in [0.2, 0.25) is 0 Å². The lowest BCUT2D eigenvalue weighted by Gasteiger charge is -2.22. The molecule has 1 aromatic carbocycles. The molecule has 0 spiro atoms. The third-order valence-electron chi connectivity index (χ3n) is 2.73. The first-order chi connectivity index (χ1) is 8.22. The fraction of sp³-hybridized carbons (Fsp3) is 0.333. The van der Waals surface area contributed by atoms with Crippen LogP contribution in [-0.4, -0.2) is 18.2 Å². The molecule has 92 valence electrons. The van der Waals surface area contributed by atoms with Crippen molar-refractivity contribution in [3.8, 4) is 0 Å². The van der Waals surface area contributed by atoms with Crippen LogP contribution in [-0.2, 0) is 0 Å². The van der Waals surface area contributed by atoms with Gasteiger partial charge in [-0.1, -0.05) is 31.2 Å². The first-order valence-corrected chi connectivity index (χ1v) is 5.97. The fourth-order valence-corrected chi connectivity index (χ4v) is 1.74. The molecule has 1 unspecified atom stereocenters. The molecule has 0 aliphatic carbocycles. The molecule has 1 aromatic rings. The van der Waals surface area contributed by atoms with Crippen molar-refractivity contribution in [3.05, 3.63) is 55.1 Å². The maximum absolute atomic E-state index is 9.72. The highest BCUT2D eigenvalue weighted by atomic mass is 16.3. The quantitative estimate of drug-likeness (QED) is 0.728. The minimum atomic E-state index is -0.365. The monoisotopic (exact) mass is 231 g/mol. The largest absolute Gasteiger partial charge is 0.388 e. The van der Waals surface area contributed by atoms with Crippen LogP contribution in [0.4, 0.5) is 5.69 Å². The lowest BCUT2D eigenvalue weighted by atomic mass is 10.1. The maximum Gasteiger partial charge on any atom is 0.0787 e. The van der Waals surface area contributed by atoms with Gasteiger partial charge in [0.1, 0.15) is 0 Å². The Balaban J connectivity index is 2.83. The van der Waals surface area contributed by atoms with Gasteiger partial charge in [-0.15, -0.1) is 13.2 Å². The molecule has 0 fully saturated rings. The Morgan fingerprint density at radius 2 is 1.71 bits per heavy atom. The molecule has 0 aromatic heterocycles. The molecule has 0 aliphatic heterocycles. The molecule has 0 bridgehead atoms. The molecule has 17 heavy (non-hydrogen) atoms. The summed E-state index contributed by atoms with van der Waals surface area (Å²) in [6.07, 6.45) is 4.12. The molecule has 2 nitrogen and oxygen atoms in total. The SMILES string of the molecule is C=CCN(CC=C)c1ccc(C(O)CC)cc1. The summed E-state index contributed by atoms with van der Waals surface area (Å²) < 4.78 is 0. The second-order valence-electron chi connectivity index (χ2n) is 4.00. The third-order valence-corrected chi connectivity index (χ3v) is 2.73. The Hall–Kier alpha value is -1.54. The van der Waals surface area contributed by atoms with Crippen molar-refractivity contribution in [2.75, 3.05) is 18.0 Å². The van der Waals surface area contributed by atoms with Crippen LogP contribution in [0.15, 0.2) is 49.6 Å². The number of hydrogen-bond acceptors (Lipinski definition) is 2. The van der Waals surface area contributed by atoms with Crippen LogP contribution in [0.3, 0.4) is 0 Å². The molecule has 0 amide bonds. The number of nitrogens with zero attached hydrogens (tertiary/aromatic N) is 1. The van der Waals surface area contributed by atoms with E-state index in [9.17, 15) is 5.11 Å². The zero-order valence-electron chi connectivity index (χ0n) is 10.5. The van der Waals surface area contributed by atoms with Gasteiger partial charge in [0.2, 0.25) is 0 Å². The van der Waals surface area contributed by atoms with Gasteiger partial charge in [-0.25, -0.2) is 0 Å². The Bertz CT molecular complexity index is 346. The van der Waals surface area contributed by atoms with Gasteiger partial charge in [-0.3, -0.25) is 0 Å². The zero-order valence-corrected chi connectivity index (χ0v) is 10.5. The van der Waals surface area contributed by atoms with Gasteiger partial charge in [0.15, 0.2) is 0 Å². The fourth-order valence-electron chi connectivity index (χ4n) is 1.74. The zero-order chi connectivity index (χ0) is 12.7. The minimum absolute atomic E-state index is 0.365. The smallest absolute Gasteiger partial charge is 0.0787 e. The van der Waals surface area contributed by atoms with Gasteiger partial charge in [-0.2, -0.15) is 0 Å². The first kappa shape index (κ1) is 13.5. The van der Waals surface area contributed by atoms with Crippen LogP contribution in [0.1, 0.15) is 25.0 Å². The van der Waals surface area contributed by atoms with Crippen molar-refractivity contribution in [3.63, 3.8) is 0 Å². The molecule has 0 aliphatic rings. The van der Waals surface area contributed by atoms with Gasteiger partial charge in [0.25, 0.3) is 0 Å². The predicted octanol–water partition coefficient (Wildman–Crippen LogP) is 3.31. The molecule has 1 atom stereocenters. The molecule has 0 radical (unpaired) electrons. The summed E-state index contributed by atoms with van der Waals surface area (Å²) in [7, 11) is 0. The standard InChI is InChI=1S/C15H21NO/c1-4-11-16(12-5-2)14-9-7-13(8-10-14)15(17)6-3/h4-5,7-10,15,17H,1-2,6,11-12H2,3H3. The Morgan fingerprint density at radius 3 is 2.12 bits per heavy atom. The average molecular weight is 231 g/mol. The summed E-state index contributed by atoms with van der Waals surface area (Å²) in [6.45, 7) is 11.1. The van der Waals surface area contributed by atoms with E-state index in [1.165, 1.54) is 0 Å². The van der Waals surface area contributed by atoms with E-state index in [-0.39, 0.29) is 6.10 Å². The molecule has 1 N–H and O–H groups in total. The first-order valence-electron chi connectivity index (χ1n) is 5.97. The van der Waals surface area contributed by atoms with E-state index in [1.54, 1.807) is 0 Å². The minimum Gasteiger partial charge on any atom is -0.388 e. The van der Waals surface area contributed by atoms with E-state index in [0.29, 0.717) is 0 Å². The van der Waals surface area contributed by atoms with Crippen molar-refractivity contribution < 1.29 is 5.11 Å². The number of anilines is 1. The third kappa shape index (κ3) is 3.75. The highest BCUT2D eigenvalue weighted by Gasteiger charge is 2.06. The number of rotatable bonds is 7. The molecular weight excluding hydrogens is 210 g/mol. The second-order valence-corrected chi connectivity index (χ2v) is 4.00.